The predicted octanol–water partition coefficient (Wildman–Crippen LogP) is 2.18. The van der Waals surface area contributed by atoms with Gasteiger partial charge < -0.3 is 10.0 Å². The molecule has 1 aliphatic heterocycles. The fourth-order valence-corrected chi connectivity index (χ4v) is 3.64. The molecule has 0 spiro atoms. The monoisotopic (exact) mass is 332 g/mol. The van der Waals surface area contributed by atoms with Gasteiger partial charge in [0.05, 0.1) is 16.1 Å². The van der Waals surface area contributed by atoms with E-state index in [1.165, 1.54) is 29.8 Å². The lowest BCUT2D eigenvalue weighted by atomic mass is 10.1. The summed E-state index contributed by atoms with van der Waals surface area (Å²) in [5.41, 5.74) is 2.75. The molecule has 0 saturated heterocycles. The van der Waals surface area contributed by atoms with E-state index in [2.05, 4.69) is 9.62 Å². The first-order valence-corrected chi connectivity index (χ1v) is 8.55. The van der Waals surface area contributed by atoms with Crippen molar-refractivity contribution in [3.63, 3.8) is 0 Å². The van der Waals surface area contributed by atoms with Crippen LogP contribution < -0.4 is 9.62 Å². The lowest BCUT2D eigenvalue weighted by molar-refractivity contribution is 0.0696. The average Bonchev–Trinajstić information content (AvgIpc) is 2.88. The van der Waals surface area contributed by atoms with Gasteiger partial charge in [-0.25, -0.2) is 13.2 Å². The Bertz CT molecular complexity index is 860. The lowest BCUT2D eigenvalue weighted by Gasteiger charge is -2.14. The van der Waals surface area contributed by atoms with Crippen molar-refractivity contribution < 1.29 is 18.3 Å². The average molecular weight is 332 g/mol. The molecule has 0 radical (unpaired) electrons. The van der Waals surface area contributed by atoms with Crippen LogP contribution in [0.4, 0.5) is 11.4 Å². The quantitative estimate of drug-likeness (QED) is 0.896. The third kappa shape index (κ3) is 3.00. The maximum Gasteiger partial charge on any atom is 0.335 e. The van der Waals surface area contributed by atoms with E-state index >= 15 is 0 Å². The van der Waals surface area contributed by atoms with Gasteiger partial charge in [-0.3, -0.25) is 4.72 Å². The van der Waals surface area contributed by atoms with Crippen LogP contribution in [-0.2, 0) is 16.4 Å². The predicted molar refractivity (Wildman–Crippen MR) is 87.6 cm³/mol. The van der Waals surface area contributed by atoms with E-state index < -0.39 is 16.0 Å². The number of carboxylic acids is 1. The van der Waals surface area contributed by atoms with Gasteiger partial charge in [0, 0.05) is 19.3 Å². The second-order valence-corrected chi connectivity index (χ2v) is 7.13. The fraction of sp³-hybridized carbons (Fsp3) is 0.188. The van der Waals surface area contributed by atoms with Gasteiger partial charge in [0.1, 0.15) is 0 Å². The highest BCUT2D eigenvalue weighted by Gasteiger charge is 2.19. The van der Waals surface area contributed by atoms with E-state index in [9.17, 15) is 13.2 Å². The topological polar surface area (TPSA) is 86.7 Å². The van der Waals surface area contributed by atoms with Crippen LogP contribution in [0.2, 0.25) is 0 Å². The molecule has 0 amide bonds. The highest BCUT2D eigenvalue weighted by Crippen LogP contribution is 2.30. The number of rotatable bonds is 4. The molecule has 0 bridgehead atoms. The summed E-state index contributed by atoms with van der Waals surface area (Å²) in [4.78, 5) is 12.9. The first-order chi connectivity index (χ1) is 10.9. The molecular weight excluding hydrogens is 316 g/mol. The van der Waals surface area contributed by atoms with Crippen molar-refractivity contribution in [1.82, 2.24) is 0 Å². The molecule has 23 heavy (non-hydrogen) atoms. The number of aromatic carboxylic acids is 1. The van der Waals surface area contributed by atoms with Crippen LogP contribution in [0.15, 0.2) is 47.4 Å². The Hall–Kier alpha value is -2.54. The van der Waals surface area contributed by atoms with Crippen LogP contribution in [0.1, 0.15) is 15.9 Å². The van der Waals surface area contributed by atoms with Gasteiger partial charge in [-0.1, -0.05) is 6.07 Å². The molecule has 0 aromatic heterocycles. The largest absolute Gasteiger partial charge is 0.478 e. The van der Waals surface area contributed by atoms with Crippen molar-refractivity contribution >= 4 is 27.4 Å². The molecule has 0 unspecified atom stereocenters. The molecule has 0 fully saturated rings. The van der Waals surface area contributed by atoms with E-state index in [0.29, 0.717) is 5.69 Å². The summed E-state index contributed by atoms with van der Waals surface area (Å²) >= 11 is 0. The number of sulfonamides is 1. The van der Waals surface area contributed by atoms with E-state index in [1.54, 1.807) is 6.07 Å². The molecular formula is C16H16N2O4S. The molecule has 0 aliphatic carbocycles. The zero-order chi connectivity index (χ0) is 16.6. The van der Waals surface area contributed by atoms with Gasteiger partial charge in [0.2, 0.25) is 0 Å². The zero-order valence-electron chi connectivity index (χ0n) is 12.5. The smallest absolute Gasteiger partial charge is 0.335 e. The van der Waals surface area contributed by atoms with Crippen molar-refractivity contribution in [1.29, 1.82) is 0 Å². The molecule has 3 rings (SSSR count). The number of benzene rings is 2. The SMILES string of the molecule is CN1CCc2ccc(NS(=O)(=O)c3ccc(C(=O)O)cc3)cc21. The van der Waals surface area contributed by atoms with Crippen molar-refractivity contribution in [2.45, 2.75) is 11.3 Å². The van der Waals surface area contributed by atoms with Gasteiger partial charge in [0.25, 0.3) is 10.0 Å². The number of carboxylic acid groups (broad SMARTS) is 1. The van der Waals surface area contributed by atoms with Crippen LogP contribution in [0.25, 0.3) is 0 Å². The first kappa shape index (κ1) is 15.4. The van der Waals surface area contributed by atoms with Crippen molar-refractivity contribution in [2.24, 2.45) is 0 Å². The van der Waals surface area contributed by atoms with Crippen LogP contribution in [0, 0.1) is 0 Å². The maximum absolute atomic E-state index is 12.4. The van der Waals surface area contributed by atoms with Gasteiger partial charge in [-0.2, -0.15) is 0 Å². The van der Waals surface area contributed by atoms with E-state index in [-0.39, 0.29) is 10.5 Å². The van der Waals surface area contributed by atoms with Crippen LogP contribution in [0.3, 0.4) is 0 Å². The summed E-state index contributed by atoms with van der Waals surface area (Å²) < 4.78 is 27.3. The van der Waals surface area contributed by atoms with Gasteiger partial charge in [0.15, 0.2) is 0 Å². The van der Waals surface area contributed by atoms with Gasteiger partial charge in [-0.15, -0.1) is 0 Å². The standard InChI is InChI=1S/C16H16N2O4S/c1-18-9-8-11-2-5-13(10-15(11)18)17-23(21,22)14-6-3-12(4-7-14)16(19)20/h2-7,10,17H,8-9H2,1H3,(H,19,20). The highest BCUT2D eigenvalue weighted by molar-refractivity contribution is 7.92. The maximum atomic E-state index is 12.4. The zero-order valence-corrected chi connectivity index (χ0v) is 13.3. The van der Waals surface area contributed by atoms with Crippen LogP contribution in [0.5, 0.6) is 0 Å². The van der Waals surface area contributed by atoms with E-state index in [4.69, 9.17) is 5.11 Å². The lowest BCUT2D eigenvalue weighted by Crippen LogP contribution is -2.15. The summed E-state index contributed by atoms with van der Waals surface area (Å²) in [6.45, 7) is 0.919. The normalized spacial score (nSPS) is 13.7. The number of likely N-dealkylation sites (N-methyl/N-ethyl adjacent to an activating group) is 1. The minimum atomic E-state index is -3.75. The molecule has 2 aromatic carbocycles. The van der Waals surface area contributed by atoms with Gasteiger partial charge >= 0.3 is 5.97 Å². The van der Waals surface area contributed by atoms with Crippen molar-refractivity contribution in [2.75, 3.05) is 23.2 Å². The van der Waals surface area contributed by atoms with Crippen molar-refractivity contribution in [3.8, 4) is 0 Å². The summed E-state index contributed by atoms with van der Waals surface area (Å²) in [5, 5.41) is 8.86. The first-order valence-electron chi connectivity index (χ1n) is 7.07. The molecule has 120 valence electrons. The third-order valence-electron chi connectivity index (χ3n) is 3.88. The molecule has 2 N–H and O–H groups in total. The number of anilines is 2. The number of fused-ring (bicyclic) bond motifs is 1. The summed E-state index contributed by atoms with van der Waals surface area (Å²) in [6.07, 6.45) is 0.954. The summed E-state index contributed by atoms with van der Waals surface area (Å²) in [5.74, 6) is -1.09. The highest BCUT2D eigenvalue weighted by atomic mass is 32.2. The van der Waals surface area contributed by atoms with Crippen LogP contribution >= 0.6 is 0 Å². The Morgan fingerprint density at radius 2 is 1.87 bits per heavy atom. The Labute approximate surface area is 134 Å². The van der Waals surface area contributed by atoms with Crippen molar-refractivity contribution in [3.05, 3.63) is 53.6 Å². The minimum Gasteiger partial charge on any atom is -0.478 e. The number of carbonyl (C=O) groups is 1. The molecule has 0 atom stereocenters. The molecule has 6 nitrogen and oxygen atoms in total. The molecule has 1 aliphatic rings. The van der Waals surface area contributed by atoms with E-state index in [1.807, 2.05) is 19.2 Å². The van der Waals surface area contributed by atoms with E-state index in [0.717, 1.165) is 18.7 Å². The van der Waals surface area contributed by atoms with Crippen LogP contribution in [-0.4, -0.2) is 33.1 Å². The second-order valence-electron chi connectivity index (χ2n) is 5.45. The number of nitrogens with zero attached hydrogens (tertiary/aromatic N) is 1. The van der Waals surface area contributed by atoms with Gasteiger partial charge in [-0.05, 0) is 48.4 Å². The number of hydrogen-bond acceptors (Lipinski definition) is 4. The summed E-state index contributed by atoms with van der Waals surface area (Å²) in [7, 11) is -1.79. The Morgan fingerprint density at radius 1 is 1.17 bits per heavy atom. The minimum absolute atomic E-state index is 0.0244. The fourth-order valence-electron chi connectivity index (χ4n) is 2.59. The Kier molecular flexibility index (Phi) is 3.73. The summed E-state index contributed by atoms with van der Waals surface area (Å²) in [6, 6.07) is 10.6. The molecule has 0 saturated carbocycles. The Morgan fingerprint density at radius 3 is 2.52 bits per heavy atom. The molecule has 7 heteroatoms. The Balaban J connectivity index is 1.86. The molecule has 2 aromatic rings. The second kappa shape index (κ2) is 5.58. The third-order valence-corrected chi connectivity index (χ3v) is 5.27. The molecule has 1 heterocycles. The number of nitrogens with one attached hydrogen (secondary N) is 1. The number of hydrogen-bond donors (Lipinski definition) is 2.